The largest absolute Gasteiger partial charge is 0.508 e. The Hall–Kier alpha value is -3.44. The van der Waals surface area contributed by atoms with E-state index in [4.69, 9.17) is 14.2 Å². The van der Waals surface area contributed by atoms with Gasteiger partial charge >= 0.3 is 0 Å². The number of fused-ring (bicyclic) bond motifs is 1. The summed E-state index contributed by atoms with van der Waals surface area (Å²) in [5.41, 5.74) is 5.57. The highest BCUT2D eigenvalue weighted by Crippen LogP contribution is 2.40. The summed E-state index contributed by atoms with van der Waals surface area (Å²) in [4.78, 5) is 0. The van der Waals surface area contributed by atoms with E-state index in [1.165, 1.54) is 37.7 Å². The molecule has 3 aromatic rings. The number of nitrogens with one attached hydrogen (secondary N) is 1. The van der Waals surface area contributed by atoms with E-state index in [1.54, 1.807) is 12.1 Å². The van der Waals surface area contributed by atoms with Gasteiger partial charge < -0.3 is 24.6 Å². The first-order valence-electron chi connectivity index (χ1n) is 13.1. The second kappa shape index (κ2) is 11.5. The molecule has 188 valence electrons. The van der Waals surface area contributed by atoms with Crippen molar-refractivity contribution in [2.24, 2.45) is 0 Å². The molecule has 0 unspecified atom stereocenters. The van der Waals surface area contributed by atoms with Crippen molar-refractivity contribution in [1.82, 2.24) is 5.32 Å². The van der Waals surface area contributed by atoms with Crippen molar-refractivity contribution in [1.29, 1.82) is 0 Å². The Kier molecular flexibility index (Phi) is 7.77. The molecule has 2 aliphatic rings. The van der Waals surface area contributed by atoms with Gasteiger partial charge in [-0.05, 0) is 83.5 Å². The summed E-state index contributed by atoms with van der Waals surface area (Å²) in [7, 11) is 0. The maximum Gasteiger partial charge on any atom is 0.231 e. The first-order chi connectivity index (χ1) is 17.7. The molecule has 2 N–H and O–H groups in total. The lowest BCUT2D eigenvalue weighted by Gasteiger charge is -2.22. The van der Waals surface area contributed by atoms with Crippen molar-refractivity contribution in [3.8, 4) is 23.0 Å². The molecule has 0 spiro atoms. The molecule has 0 amide bonds. The lowest BCUT2D eigenvalue weighted by Crippen LogP contribution is -2.34. The summed E-state index contributed by atoms with van der Waals surface area (Å²) in [6, 6.07) is 22.5. The molecule has 1 aliphatic heterocycles. The van der Waals surface area contributed by atoms with Crippen LogP contribution in [-0.2, 0) is 0 Å². The third-order valence-electron chi connectivity index (χ3n) is 7.08. The molecule has 0 atom stereocenters. The van der Waals surface area contributed by atoms with E-state index in [9.17, 15) is 5.11 Å². The van der Waals surface area contributed by atoms with Crippen LogP contribution >= 0.6 is 0 Å². The van der Waals surface area contributed by atoms with E-state index >= 15 is 0 Å². The maximum absolute atomic E-state index is 9.88. The molecule has 5 rings (SSSR count). The predicted octanol–water partition coefficient (Wildman–Crippen LogP) is 6.79. The first-order valence-corrected chi connectivity index (χ1v) is 13.1. The fraction of sp³-hybridized carbons (Fsp3) is 0.355. The molecule has 0 radical (unpaired) electrons. The highest BCUT2D eigenvalue weighted by atomic mass is 16.7. The fourth-order valence-corrected chi connectivity index (χ4v) is 5.21. The Morgan fingerprint density at radius 3 is 2.25 bits per heavy atom. The van der Waals surface area contributed by atoms with Gasteiger partial charge in [0.05, 0.1) is 0 Å². The Bertz CT molecular complexity index is 1180. The molecule has 3 aromatic carbocycles. The van der Waals surface area contributed by atoms with Crippen LogP contribution in [-0.4, -0.2) is 31.1 Å². The number of phenolic OH excluding ortho intramolecular Hbond substituents is 1. The first kappa shape index (κ1) is 24.3. The zero-order valence-corrected chi connectivity index (χ0v) is 21.0. The van der Waals surface area contributed by atoms with Crippen LogP contribution < -0.4 is 19.5 Å². The van der Waals surface area contributed by atoms with Crippen LogP contribution in [0.4, 0.5) is 0 Å². The zero-order chi connectivity index (χ0) is 24.7. The third kappa shape index (κ3) is 5.68. The lowest BCUT2D eigenvalue weighted by atomic mass is 9.88. The van der Waals surface area contributed by atoms with Crippen molar-refractivity contribution in [2.75, 3.05) is 19.9 Å². The van der Waals surface area contributed by atoms with Gasteiger partial charge in [0, 0.05) is 12.6 Å². The highest BCUT2D eigenvalue weighted by molar-refractivity contribution is 5.99. The van der Waals surface area contributed by atoms with Crippen molar-refractivity contribution < 1.29 is 19.3 Å². The van der Waals surface area contributed by atoms with E-state index in [0.29, 0.717) is 12.6 Å². The SMILES string of the molecule is CC/C(=C(\c1ccc(O)cc1)c1ccc(OCCNC2CCCCC2)cc1)c1ccc2c(c1)OCO2. The number of aromatic hydroxyl groups is 1. The Labute approximate surface area is 213 Å². The second-order valence-corrected chi connectivity index (χ2v) is 9.48. The quantitative estimate of drug-likeness (QED) is 0.258. The molecule has 5 nitrogen and oxygen atoms in total. The second-order valence-electron chi connectivity index (χ2n) is 9.48. The molecular weight excluding hydrogens is 450 g/mol. The van der Waals surface area contributed by atoms with Gasteiger partial charge in [-0.25, -0.2) is 0 Å². The predicted molar refractivity (Wildman–Crippen MR) is 144 cm³/mol. The standard InChI is InChI=1S/C31H35NO4/c1-2-28(24-12-17-29-30(20-24)36-21-35-29)31(22-8-13-26(33)14-9-22)23-10-15-27(16-11-23)34-19-18-32-25-6-4-3-5-7-25/h8-17,20,25,32-33H,2-7,18-19,21H2,1H3/b31-28-. The Morgan fingerprint density at radius 2 is 1.53 bits per heavy atom. The van der Waals surface area contributed by atoms with Gasteiger partial charge in [0.2, 0.25) is 6.79 Å². The van der Waals surface area contributed by atoms with Crippen LogP contribution in [0.5, 0.6) is 23.0 Å². The molecule has 1 saturated carbocycles. The average molecular weight is 486 g/mol. The van der Waals surface area contributed by atoms with E-state index in [0.717, 1.165) is 52.5 Å². The number of allylic oxidation sites excluding steroid dienone is 1. The van der Waals surface area contributed by atoms with Gasteiger partial charge in [-0.1, -0.05) is 56.5 Å². The number of hydrogen-bond acceptors (Lipinski definition) is 5. The molecule has 1 fully saturated rings. The molecule has 1 heterocycles. The fourth-order valence-electron chi connectivity index (χ4n) is 5.21. The molecule has 0 saturated heterocycles. The van der Waals surface area contributed by atoms with Crippen molar-refractivity contribution in [3.05, 3.63) is 83.4 Å². The van der Waals surface area contributed by atoms with Crippen LogP contribution in [0.25, 0.3) is 11.1 Å². The molecule has 36 heavy (non-hydrogen) atoms. The van der Waals surface area contributed by atoms with Crippen LogP contribution in [0.2, 0.25) is 0 Å². The van der Waals surface area contributed by atoms with Crippen molar-refractivity contribution >= 4 is 11.1 Å². The molecule has 5 heteroatoms. The minimum absolute atomic E-state index is 0.254. The Balaban J connectivity index is 1.38. The summed E-state index contributed by atoms with van der Waals surface area (Å²) in [5.74, 6) is 2.68. The van der Waals surface area contributed by atoms with E-state index in [1.807, 2.05) is 30.3 Å². The van der Waals surface area contributed by atoms with Gasteiger partial charge in [-0.15, -0.1) is 0 Å². The van der Waals surface area contributed by atoms with Crippen LogP contribution in [0.1, 0.15) is 62.1 Å². The minimum atomic E-state index is 0.254. The van der Waals surface area contributed by atoms with Gasteiger partial charge in [0.1, 0.15) is 18.1 Å². The van der Waals surface area contributed by atoms with Crippen molar-refractivity contribution in [2.45, 2.75) is 51.5 Å². The number of ether oxygens (including phenoxy) is 3. The van der Waals surface area contributed by atoms with Gasteiger partial charge in [0.15, 0.2) is 11.5 Å². The topological polar surface area (TPSA) is 60.0 Å². The summed E-state index contributed by atoms with van der Waals surface area (Å²) < 4.78 is 17.2. The number of rotatable bonds is 9. The maximum atomic E-state index is 9.88. The van der Waals surface area contributed by atoms with Crippen molar-refractivity contribution in [3.63, 3.8) is 0 Å². The minimum Gasteiger partial charge on any atom is -0.508 e. The van der Waals surface area contributed by atoms with Gasteiger partial charge in [-0.2, -0.15) is 0 Å². The molecular formula is C31H35NO4. The van der Waals surface area contributed by atoms with Gasteiger partial charge in [-0.3, -0.25) is 0 Å². The smallest absolute Gasteiger partial charge is 0.231 e. The van der Waals surface area contributed by atoms with Crippen LogP contribution in [0.15, 0.2) is 66.7 Å². The highest BCUT2D eigenvalue weighted by Gasteiger charge is 2.18. The van der Waals surface area contributed by atoms with E-state index in [2.05, 4.69) is 36.5 Å². The summed E-state index contributed by atoms with van der Waals surface area (Å²) in [6.07, 6.45) is 7.44. The molecule has 0 aromatic heterocycles. The van der Waals surface area contributed by atoms with E-state index in [-0.39, 0.29) is 12.5 Å². The third-order valence-corrected chi connectivity index (χ3v) is 7.08. The monoisotopic (exact) mass is 485 g/mol. The normalized spacial score (nSPS) is 16.0. The number of hydrogen-bond donors (Lipinski definition) is 2. The van der Waals surface area contributed by atoms with E-state index < -0.39 is 0 Å². The molecule has 1 aliphatic carbocycles. The number of phenols is 1. The Morgan fingerprint density at radius 1 is 0.861 bits per heavy atom. The lowest BCUT2D eigenvalue weighted by molar-refractivity contribution is 0.174. The van der Waals surface area contributed by atoms with Crippen LogP contribution in [0, 0.1) is 0 Å². The number of benzene rings is 3. The van der Waals surface area contributed by atoms with Crippen LogP contribution in [0.3, 0.4) is 0 Å². The average Bonchev–Trinajstić information content (AvgIpc) is 3.40. The summed E-state index contributed by atoms with van der Waals surface area (Å²) in [6.45, 7) is 3.95. The zero-order valence-electron chi connectivity index (χ0n) is 21.0. The summed E-state index contributed by atoms with van der Waals surface area (Å²) >= 11 is 0. The summed E-state index contributed by atoms with van der Waals surface area (Å²) in [5, 5.41) is 13.5. The van der Waals surface area contributed by atoms with Gasteiger partial charge in [0.25, 0.3) is 0 Å². The molecule has 0 bridgehead atoms.